The summed E-state index contributed by atoms with van der Waals surface area (Å²) in [6.45, 7) is 2.63. The topological polar surface area (TPSA) is 64.1 Å². The van der Waals surface area contributed by atoms with E-state index in [0.717, 1.165) is 10.9 Å². The molecule has 0 saturated carbocycles. The van der Waals surface area contributed by atoms with Gasteiger partial charge in [-0.05, 0) is 25.1 Å². The van der Waals surface area contributed by atoms with Gasteiger partial charge in [-0.15, -0.1) is 0 Å². The number of aromatic hydroxyl groups is 1. The summed E-state index contributed by atoms with van der Waals surface area (Å²) in [6.07, 6.45) is 1.73. The molecule has 1 atom stereocenters. The van der Waals surface area contributed by atoms with Crippen molar-refractivity contribution in [2.75, 3.05) is 0 Å². The number of nitrogens with zero attached hydrogens (tertiary/aromatic N) is 2. The molecule has 3 N–H and O–H groups in total. The van der Waals surface area contributed by atoms with E-state index in [1.807, 2.05) is 17.7 Å². The molecule has 0 amide bonds. The number of hydrogen-bond acceptors (Lipinski definition) is 3. The molecule has 0 bridgehead atoms. The van der Waals surface area contributed by atoms with Crippen molar-refractivity contribution in [1.82, 2.24) is 9.78 Å². The van der Waals surface area contributed by atoms with Crippen LogP contribution in [-0.4, -0.2) is 20.9 Å². The largest absolute Gasteiger partial charge is 0.508 e. The van der Waals surface area contributed by atoms with E-state index in [-0.39, 0.29) is 11.8 Å². The van der Waals surface area contributed by atoms with Gasteiger partial charge in [0.1, 0.15) is 5.75 Å². The number of phenolic OH excluding ortho intramolecular Hbond substituents is 1. The van der Waals surface area contributed by atoms with Crippen molar-refractivity contribution in [3.05, 3.63) is 24.4 Å². The maximum Gasteiger partial charge on any atom is 0.116 e. The van der Waals surface area contributed by atoms with Gasteiger partial charge in [0.15, 0.2) is 0 Å². The zero-order chi connectivity index (χ0) is 10.1. The summed E-state index contributed by atoms with van der Waals surface area (Å²) in [7, 11) is 0. The number of hydrogen-bond donors (Lipinski definition) is 2. The van der Waals surface area contributed by atoms with Gasteiger partial charge in [0.05, 0.1) is 18.3 Å². The molecule has 14 heavy (non-hydrogen) atoms. The van der Waals surface area contributed by atoms with Gasteiger partial charge >= 0.3 is 0 Å². The first kappa shape index (κ1) is 9.02. The van der Waals surface area contributed by atoms with Crippen LogP contribution in [0.5, 0.6) is 5.75 Å². The van der Waals surface area contributed by atoms with Gasteiger partial charge in [-0.1, -0.05) is 0 Å². The molecule has 2 rings (SSSR count). The average Bonchev–Trinajstić information content (AvgIpc) is 2.47. The number of rotatable bonds is 2. The van der Waals surface area contributed by atoms with E-state index >= 15 is 0 Å². The van der Waals surface area contributed by atoms with E-state index in [9.17, 15) is 5.11 Å². The van der Waals surface area contributed by atoms with E-state index in [1.165, 1.54) is 0 Å². The number of fused-ring (bicyclic) bond motifs is 1. The van der Waals surface area contributed by atoms with Gasteiger partial charge in [-0.25, -0.2) is 0 Å². The Labute approximate surface area is 81.9 Å². The average molecular weight is 191 g/mol. The van der Waals surface area contributed by atoms with Crippen molar-refractivity contribution in [3.8, 4) is 5.75 Å². The summed E-state index contributed by atoms with van der Waals surface area (Å²) in [5.74, 6) is 0.262. The van der Waals surface area contributed by atoms with Crippen molar-refractivity contribution in [3.63, 3.8) is 0 Å². The Balaban J connectivity index is 2.47. The smallest absolute Gasteiger partial charge is 0.116 e. The van der Waals surface area contributed by atoms with Crippen molar-refractivity contribution >= 4 is 10.9 Å². The van der Waals surface area contributed by atoms with E-state index in [0.29, 0.717) is 6.54 Å². The van der Waals surface area contributed by atoms with Crippen LogP contribution in [0, 0.1) is 0 Å². The third-order valence-electron chi connectivity index (χ3n) is 2.09. The fraction of sp³-hybridized carbons (Fsp3) is 0.300. The molecular weight excluding hydrogens is 178 g/mol. The molecule has 0 aliphatic heterocycles. The van der Waals surface area contributed by atoms with Crippen LogP contribution in [0.3, 0.4) is 0 Å². The summed E-state index contributed by atoms with van der Waals surface area (Å²) in [5, 5.41) is 14.4. The van der Waals surface area contributed by atoms with Crippen LogP contribution in [0.25, 0.3) is 10.9 Å². The minimum atomic E-state index is 0.0758. The van der Waals surface area contributed by atoms with Crippen LogP contribution in [0.4, 0.5) is 0 Å². The van der Waals surface area contributed by atoms with E-state index in [2.05, 4.69) is 5.10 Å². The van der Waals surface area contributed by atoms with Gasteiger partial charge in [-0.2, -0.15) is 5.10 Å². The zero-order valence-corrected chi connectivity index (χ0v) is 8.01. The summed E-state index contributed by atoms with van der Waals surface area (Å²) in [4.78, 5) is 0. The standard InChI is InChI=1S/C10H13N3O/c1-7(11)6-13-10-3-2-9(14)4-8(10)5-12-13/h2-5,7,14H,6,11H2,1H3. The molecule has 0 fully saturated rings. The Morgan fingerprint density at radius 2 is 2.36 bits per heavy atom. The highest BCUT2D eigenvalue weighted by Gasteiger charge is 2.04. The van der Waals surface area contributed by atoms with Gasteiger partial charge < -0.3 is 10.8 Å². The third kappa shape index (κ3) is 1.56. The van der Waals surface area contributed by atoms with Crippen LogP contribution in [0.1, 0.15) is 6.92 Å². The maximum atomic E-state index is 9.26. The van der Waals surface area contributed by atoms with Gasteiger partial charge in [0.25, 0.3) is 0 Å². The maximum absolute atomic E-state index is 9.26. The lowest BCUT2D eigenvalue weighted by molar-refractivity contribution is 0.476. The molecule has 0 aliphatic carbocycles. The Morgan fingerprint density at radius 1 is 1.57 bits per heavy atom. The fourth-order valence-electron chi connectivity index (χ4n) is 1.49. The van der Waals surface area contributed by atoms with Gasteiger partial charge in [0.2, 0.25) is 0 Å². The first-order valence-corrected chi connectivity index (χ1v) is 4.57. The van der Waals surface area contributed by atoms with Crippen molar-refractivity contribution in [2.45, 2.75) is 19.5 Å². The van der Waals surface area contributed by atoms with Crippen LogP contribution in [0.15, 0.2) is 24.4 Å². The van der Waals surface area contributed by atoms with Crippen molar-refractivity contribution in [2.24, 2.45) is 5.73 Å². The van der Waals surface area contributed by atoms with Crippen molar-refractivity contribution in [1.29, 1.82) is 0 Å². The highest BCUT2D eigenvalue weighted by Crippen LogP contribution is 2.19. The molecule has 0 aliphatic rings. The molecule has 1 heterocycles. The highest BCUT2D eigenvalue weighted by molar-refractivity contribution is 5.80. The minimum absolute atomic E-state index is 0.0758. The Morgan fingerprint density at radius 3 is 3.07 bits per heavy atom. The second-order valence-corrected chi connectivity index (χ2v) is 3.55. The predicted molar refractivity (Wildman–Crippen MR) is 55.0 cm³/mol. The third-order valence-corrected chi connectivity index (χ3v) is 2.09. The normalized spacial score (nSPS) is 13.3. The SMILES string of the molecule is CC(N)Cn1ncc2cc(O)ccc21. The molecule has 0 radical (unpaired) electrons. The lowest BCUT2D eigenvalue weighted by Gasteiger charge is -2.06. The molecule has 1 unspecified atom stereocenters. The molecule has 0 saturated heterocycles. The molecule has 4 nitrogen and oxygen atoms in total. The number of nitrogens with two attached hydrogens (primary N) is 1. The molecule has 4 heteroatoms. The molecule has 1 aromatic carbocycles. The Hall–Kier alpha value is -1.55. The minimum Gasteiger partial charge on any atom is -0.508 e. The van der Waals surface area contributed by atoms with Crippen LogP contribution < -0.4 is 5.73 Å². The van der Waals surface area contributed by atoms with Crippen molar-refractivity contribution < 1.29 is 5.11 Å². The zero-order valence-electron chi connectivity index (χ0n) is 8.01. The molecule has 2 aromatic rings. The first-order chi connectivity index (χ1) is 6.66. The number of aromatic nitrogens is 2. The summed E-state index contributed by atoms with van der Waals surface area (Å²) >= 11 is 0. The summed E-state index contributed by atoms with van der Waals surface area (Å²) < 4.78 is 1.85. The second-order valence-electron chi connectivity index (χ2n) is 3.55. The number of phenols is 1. The van der Waals surface area contributed by atoms with Crippen LogP contribution in [-0.2, 0) is 6.54 Å². The lowest BCUT2D eigenvalue weighted by atomic mass is 10.2. The van der Waals surface area contributed by atoms with E-state index in [1.54, 1.807) is 18.3 Å². The lowest BCUT2D eigenvalue weighted by Crippen LogP contribution is -2.22. The van der Waals surface area contributed by atoms with E-state index in [4.69, 9.17) is 5.73 Å². The first-order valence-electron chi connectivity index (χ1n) is 4.57. The van der Waals surface area contributed by atoms with Gasteiger partial charge in [0, 0.05) is 11.4 Å². The highest BCUT2D eigenvalue weighted by atomic mass is 16.3. The molecule has 1 aromatic heterocycles. The van der Waals surface area contributed by atoms with E-state index < -0.39 is 0 Å². The molecule has 74 valence electrons. The quantitative estimate of drug-likeness (QED) is 0.746. The van der Waals surface area contributed by atoms with Crippen LogP contribution >= 0.6 is 0 Å². The predicted octanol–water partition coefficient (Wildman–Crippen LogP) is 1.09. The second kappa shape index (κ2) is 3.31. The number of benzene rings is 1. The monoisotopic (exact) mass is 191 g/mol. The summed E-state index contributed by atoms with van der Waals surface area (Å²) in [6, 6.07) is 5.27. The molecular formula is C10H13N3O. The van der Waals surface area contributed by atoms with Crippen LogP contribution in [0.2, 0.25) is 0 Å². The van der Waals surface area contributed by atoms with Gasteiger partial charge in [-0.3, -0.25) is 4.68 Å². The summed E-state index contributed by atoms with van der Waals surface area (Å²) in [5.41, 5.74) is 6.69. The fourth-order valence-corrected chi connectivity index (χ4v) is 1.49. The Bertz CT molecular complexity index is 448. The molecule has 0 spiro atoms. The Kier molecular flexibility index (Phi) is 2.13.